The molecule has 19 heavy (non-hydrogen) atoms. The molecule has 5 heteroatoms. The minimum atomic E-state index is -0.637. The summed E-state index contributed by atoms with van der Waals surface area (Å²) in [5.41, 5.74) is 6.30. The zero-order chi connectivity index (χ0) is 13.5. The first-order chi connectivity index (χ1) is 9.25. The third-order valence-electron chi connectivity index (χ3n) is 2.53. The number of aromatic nitrogens is 1. The van der Waals surface area contributed by atoms with Gasteiger partial charge in [0.2, 0.25) is 0 Å². The number of aliphatic hydroxyl groups is 1. The van der Waals surface area contributed by atoms with Gasteiger partial charge in [0, 0.05) is 12.7 Å². The topological polar surface area (TPSA) is 80.4 Å². The minimum Gasteiger partial charge on any atom is -0.489 e. The fourth-order valence-corrected chi connectivity index (χ4v) is 1.55. The number of nitrogen functional groups attached to an aromatic ring is 1. The van der Waals surface area contributed by atoms with Crippen molar-refractivity contribution in [1.29, 1.82) is 0 Å². The van der Waals surface area contributed by atoms with Gasteiger partial charge in [0.05, 0.1) is 5.69 Å². The molecule has 0 bridgehead atoms. The first-order valence-corrected chi connectivity index (χ1v) is 6.06. The van der Waals surface area contributed by atoms with Crippen LogP contribution in [0.5, 0.6) is 5.75 Å². The van der Waals surface area contributed by atoms with E-state index in [4.69, 9.17) is 10.5 Å². The van der Waals surface area contributed by atoms with Crippen LogP contribution < -0.4 is 15.8 Å². The molecule has 0 radical (unpaired) electrons. The van der Waals surface area contributed by atoms with Gasteiger partial charge < -0.3 is 20.9 Å². The number of hydrogen-bond donors (Lipinski definition) is 3. The van der Waals surface area contributed by atoms with Gasteiger partial charge in [-0.15, -0.1) is 0 Å². The summed E-state index contributed by atoms with van der Waals surface area (Å²) in [5.74, 6) is 1.31. The van der Waals surface area contributed by atoms with E-state index in [9.17, 15) is 5.11 Å². The summed E-state index contributed by atoms with van der Waals surface area (Å²) in [5, 5.41) is 12.8. The second-order valence-electron chi connectivity index (χ2n) is 4.10. The molecule has 1 unspecified atom stereocenters. The Balaban J connectivity index is 1.76. The fourth-order valence-electron chi connectivity index (χ4n) is 1.55. The molecule has 2 aromatic rings. The van der Waals surface area contributed by atoms with Crippen molar-refractivity contribution >= 4 is 11.5 Å². The van der Waals surface area contributed by atoms with Crippen LogP contribution in [0, 0.1) is 0 Å². The largest absolute Gasteiger partial charge is 0.489 e. The molecular formula is C14H17N3O2. The van der Waals surface area contributed by atoms with Crippen molar-refractivity contribution in [3.8, 4) is 5.75 Å². The van der Waals surface area contributed by atoms with Crippen LogP contribution in [0.1, 0.15) is 0 Å². The van der Waals surface area contributed by atoms with Crippen LogP contribution in [0.2, 0.25) is 0 Å². The lowest BCUT2D eigenvalue weighted by atomic mass is 10.3. The summed E-state index contributed by atoms with van der Waals surface area (Å²) in [6, 6.07) is 12.8. The van der Waals surface area contributed by atoms with Gasteiger partial charge >= 0.3 is 0 Å². The van der Waals surface area contributed by atoms with E-state index < -0.39 is 6.10 Å². The fraction of sp³-hybridized carbons (Fsp3) is 0.214. The average Bonchev–Trinajstić information content (AvgIpc) is 2.45. The van der Waals surface area contributed by atoms with Gasteiger partial charge in [-0.2, -0.15) is 0 Å². The van der Waals surface area contributed by atoms with E-state index >= 15 is 0 Å². The molecule has 0 fully saturated rings. The van der Waals surface area contributed by atoms with Gasteiger partial charge in [0.1, 0.15) is 24.3 Å². The molecule has 0 saturated heterocycles. The number of nitrogens with zero attached hydrogens (tertiary/aromatic N) is 1. The molecule has 1 heterocycles. The van der Waals surface area contributed by atoms with Crippen molar-refractivity contribution < 1.29 is 9.84 Å². The van der Waals surface area contributed by atoms with E-state index in [-0.39, 0.29) is 6.61 Å². The highest BCUT2D eigenvalue weighted by Crippen LogP contribution is 2.19. The van der Waals surface area contributed by atoms with Crippen LogP contribution in [0.3, 0.4) is 0 Å². The Morgan fingerprint density at radius 2 is 2.00 bits per heavy atom. The molecule has 2 rings (SSSR count). The van der Waals surface area contributed by atoms with Crippen LogP contribution in [0.4, 0.5) is 11.5 Å². The number of pyridine rings is 1. The monoisotopic (exact) mass is 259 g/mol. The second kappa shape index (κ2) is 6.61. The zero-order valence-electron chi connectivity index (χ0n) is 10.5. The van der Waals surface area contributed by atoms with Crippen LogP contribution in [0.15, 0.2) is 48.7 Å². The molecular weight excluding hydrogens is 242 g/mol. The Kier molecular flexibility index (Phi) is 4.58. The predicted octanol–water partition coefficient (Wildman–Crippen LogP) is 1.52. The molecule has 1 aromatic carbocycles. The lowest BCUT2D eigenvalue weighted by Crippen LogP contribution is -2.26. The molecule has 1 atom stereocenters. The van der Waals surface area contributed by atoms with E-state index in [2.05, 4.69) is 10.3 Å². The van der Waals surface area contributed by atoms with Gasteiger partial charge in [-0.25, -0.2) is 4.98 Å². The zero-order valence-corrected chi connectivity index (χ0v) is 10.5. The molecule has 5 nitrogen and oxygen atoms in total. The minimum absolute atomic E-state index is 0.175. The van der Waals surface area contributed by atoms with Gasteiger partial charge in [0.25, 0.3) is 0 Å². The van der Waals surface area contributed by atoms with Crippen LogP contribution in [0.25, 0.3) is 0 Å². The summed E-state index contributed by atoms with van der Waals surface area (Å²) < 4.78 is 5.45. The van der Waals surface area contributed by atoms with Crippen molar-refractivity contribution in [1.82, 2.24) is 4.98 Å². The highest BCUT2D eigenvalue weighted by molar-refractivity contribution is 5.51. The smallest absolute Gasteiger partial charge is 0.142 e. The van der Waals surface area contributed by atoms with Crippen molar-refractivity contribution in [3.05, 3.63) is 48.7 Å². The van der Waals surface area contributed by atoms with Crippen molar-refractivity contribution in [2.24, 2.45) is 0 Å². The lowest BCUT2D eigenvalue weighted by Gasteiger charge is -2.14. The number of anilines is 2. The van der Waals surface area contributed by atoms with Crippen LogP contribution in [-0.4, -0.2) is 29.3 Å². The Morgan fingerprint density at radius 1 is 1.21 bits per heavy atom. The Bertz CT molecular complexity index is 505. The molecule has 4 N–H and O–H groups in total. The number of aliphatic hydroxyl groups excluding tert-OH is 1. The van der Waals surface area contributed by atoms with E-state index in [1.807, 2.05) is 30.3 Å². The number of nitrogens with one attached hydrogen (secondary N) is 1. The number of benzene rings is 1. The molecule has 1 aromatic heterocycles. The molecule has 0 aliphatic heterocycles. The Morgan fingerprint density at radius 3 is 2.74 bits per heavy atom. The molecule has 0 spiro atoms. The second-order valence-corrected chi connectivity index (χ2v) is 4.10. The molecule has 0 saturated carbocycles. The maximum atomic E-state index is 9.81. The Hall–Kier alpha value is -2.27. The standard InChI is InChI=1S/C14H17N3O2/c15-12-5-1-2-6-13(12)19-10-11(18)9-17-14-7-3-4-8-16-14/h1-8,11,18H,9-10,15H2,(H,16,17). The van der Waals surface area contributed by atoms with Gasteiger partial charge in [0.15, 0.2) is 0 Å². The highest BCUT2D eigenvalue weighted by atomic mass is 16.5. The highest BCUT2D eigenvalue weighted by Gasteiger charge is 2.06. The lowest BCUT2D eigenvalue weighted by molar-refractivity contribution is 0.118. The molecule has 100 valence electrons. The number of ether oxygens (including phenoxy) is 1. The quantitative estimate of drug-likeness (QED) is 0.685. The maximum Gasteiger partial charge on any atom is 0.142 e. The van der Waals surface area contributed by atoms with E-state index in [1.54, 1.807) is 18.3 Å². The van der Waals surface area contributed by atoms with Crippen molar-refractivity contribution in [2.45, 2.75) is 6.10 Å². The summed E-state index contributed by atoms with van der Waals surface area (Å²) in [6.07, 6.45) is 1.05. The van der Waals surface area contributed by atoms with E-state index in [1.165, 1.54) is 0 Å². The van der Waals surface area contributed by atoms with Gasteiger partial charge in [-0.1, -0.05) is 18.2 Å². The summed E-state index contributed by atoms with van der Waals surface area (Å²) in [6.45, 7) is 0.539. The third-order valence-corrected chi connectivity index (χ3v) is 2.53. The number of nitrogens with two attached hydrogens (primary N) is 1. The summed E-state index contributed by atoms with van der Waals surface area (Å²) in [4.78, 5) is 4.10. The normalized spacial score (nSPS) is 11.8. The third kappa shape index (κ3) is 4.15. The number of rotatable bonds is 6. The van der Waals surface area contributed by atoms with Crippen LogP contribution >= 0.6 is 0 Å². The number of para-hydroxylation sites is 2. The summed E-state index contributed by atoms with van der Waals surface area (Å²) in [7, 11) is 0. The molecule has 0 aliphatic rings. The van der Waals surface area contributed by atoms with Gasteiger partial charge in [-0.3, -0.25) is 0 Å². The number of hydrogen-bond acceptors (Lipinski definition) is 5. The Labute approximate surface area is 112 Å². The molecule has 0 aliphatic carbocycles. The van der Waals surface area contributed by atoms with E-state index in [0.29, 0.717) is 18.0 Å². The van der Waals surface area contributed by atoms with Crippen LogP contribution in [-0.2, 0) is 0 Å². The predicted molar refractivity (Wildman–Crippen MR) is 75.1 cm³/mol. The van der Waals surface area contributed by atoms with Crippen molar-refractivity contribution in [2.75, 3.05) is 24.2 Å². The molecule has 0 amide bonds. The maximum absolute atomic E-state index is 9.81. The van der Waals surface area contributed by atoms with Gasteiger partial charge in [-0.05, 0) is 24.3 Å². The average molecular weight is 259 g/mol. The first-order valence-electron chi connectivity index (χ1n) is 6.06. The SMILES string of the molecule is Nc1ccccc1OCC(O)CNc1ccccn1. The summed E-state index contributed by atoms with van der Waals surface area (Å²) >= 11 is 0. The van der Waals surface area contributed by atoms with E-state index in [0.717, 1.165) is 5.82 Å². The first kappa shape index (κ1) is 13.2. The van der Waals surface area contributed by atoms with Crippen molar-refractivity contribution in [3.63, 3.8) is 0 Å².